The van der Waals surface area contributed by atoms with Crippen LogP contribution >= 0.6 is 0 Å². The van der Waals surface area contributed by atoms with Gasteiger partial charge in [-0.1, -0.05) is 190 Å². The molecule has 0 bridgehead atoms. The van der Waals surface area contributed by atoms with E-state index in [1.54, 1.807) is 0 Å². The number of aromatic nitrogens is 5. The first-order valence-electron chi connectivity index (χ1n) is 26.7. The monoisotopic (exact) mass is 989 g/mol. The normalized spacial score (nSPS) is 14.9. The minimum Gasteiger partial charge on any atom is -0.456 e. The number of para-hydroxylation sites is 6. The zero-order valence-corrected chi connectivity index (χ0v) is 42.3. The molecule has 2 atom stereocenters. The van der Waals surface area contributed by atoms with Crippen molar-refractivity contribution in [2.75, 3.05) is 0 Å². The summed E-state index contributed by atoms with van der Waals surface area (Å²) in [6.45, 7) is 4.00. The summed E-state index contributed by atoms with van der Waals surface area (Å²) in [7, 11) is 0. The van der Waals surface area contributed by atoms with Crippen LogP contribution in [0, 0.1) is 5.92 Å². The van der Waals surface area contributed by atoms with Crippen LogP contribution in [0.4, 0.5) is 0 Å². The standard InChI is InChI=1S/C68H41N5O2.C2H6/c1-2-20-44-39(15-1)33-34-58-62(44)52-28-13-25-45(42-18-11-16-40(35-42)41-17-12-19-43(36-41)46-26-14-27-50-49-23-5-9-31-59(49)75-65(46)50)64(52)73(58)68-70-66(55-38-61-63(54-37-53(54)55)51-24-6-10-32-60(51)74-61)69-67(71-68)72-56-29-7-3-21-47(56)48-22-4-8-30-57(48)72;1-2/h1-36,38,53-54H,37H2;1-2H3. The molecular weight excluding hydrogens is 943 g/mol. The van der Waals surface area contributed by atoms with Gasteiger partial charge in [-0.25, -0.2) is 0 Å². The first-order valence-corrected chi connectivity index (χ1v) is 26.7. The van der Waals surface area contributed by atoms with E-state index in [0.29, 0.717) is 23.6 Å². The van der Waals surface area contributed by atoms with E-state index < -0.39 is 0 Å². The second kappa shape index (κ2) is 16.8. The highest BCUT2D eigenvalue weighted by Crippen LogP contribution is 2.61. The first kappa shape index (κ1) is 43.5. The van der Waals surface area contributed by atoms with E-state index in [0.717, 1.165) is 122 Å². The number of hydrogen-bond donors (Lipinski definition) is 0. The summed E-state index contributed by atoms with van der Waals surface area (Å²) in [5.74, 6) is 3.26. The summed E-state index contributed by atoms with van der Waals surface area (Å²) >= 11 is 0. The van der Waals surface area contributed by atoms with Crippen molar-refractivity contribution in [1.82, 2.24) is 24.1 Å². The molecule has 1 saturated carbocycles. The highest BCUT2D eigenvalue weighted by atomic mass is 16.3. The van der Waals surface area contributed by atoms with E-state index in [4.69, 9.17) is 23.8 Å². The van der Waals surface area contributed by atoms with Gasteiger partial charge in [0.05, 0.1) is 22.1 Å². The summed E-state index contributed by atoms with van der Waals surface area (Å²) in [5, 5.41) is 10.3. The lowest BCUT2D eigenvalue weighted by molar-refractivity contribution is 0.596. The third-order valence-corrected chi connectivity index (χ3v) is 16.1. The van der Waals surface area contributed by atoms with Crippen LogP contribution in [0.1, 0.15) is 43.3 Å². The highest BCUT2D eigenvalue weighted by molar-refractivity contribution is 6.23. The predicted molar refractivity (Wildman–Crippen MR) is 316 cm³/mol. The van der Waals surface area contributed by atoms with Gasteiger partial charge in [-0.05, 0) is 99.8 Å². The van der Waals surface area contributed by atoms with Gasteiger partial charge in [0.2, 0.25) is 11.9 Å². The lowest BCUT2D eigenvalue weighted by atomic mass is 9.94. The SMILES string of the molecule is C1=C(c2nc(-n3c4ccccc4c4ccccc43)nc(-n3c4ccc5ccccc5c4c4cccc(-c5cccc(-c6cccc(-c7cccc8c7oc7ccccc78)c6)c5)c43)n2)C2CC2c2c1oc1ccccc21.CC. The van der Waals surface area contributed by atoms with Crippen molar-refractivity contribution in [3.05, 3.63) is 236 Å². The number of nitrogens with zero attached hydrogens (tertiary/aromatic N) is 5. The van der Waals surface area contributed by atoms with Gasteiger partial charge in [0.15, 0.2) is 5.82 Å². The molecule has 5 heterocycles. The second-order valence-electron chi connectivity index (χ2n) is 20.2. The molecule has 0 spiro atoms. The van der Waals surface area contributed by atoms with Crippen molar-refractivity contribution < 1.29 is 8.83 Å². The van der Waals surface area contributed by atoms with Crippen LogP contribution in [0.25, 0.3) is 144 Å². The van der Waals surface area contributed by atoms with Crippen LogP contribution in [0.3, 0.4) is 0 Å². The van der Waals surface area contributed by atoms with Crippen molar-refractivity contribution in [2.45, 2.75) is 26.2 Å². The molecule has 2 aliphatic rings. The Bertz CT molecular complexity index is 4920. The van der Waals surface area contributed by atoms with E-state index in [9.17, 15) is 0 Å². The number of fused-ring (bicyclic) bond motifs is 16. The molecule has 0 amide bonds. The molecule has 10 aromatic carbocycles. The van der Waals surface area contributed by atoms with Crippen LogP contribution in [0.15, 0.2) is 227 Å². The van der Waals surface area contributed by atoms with E-state index in [1.165, 1.54) is 21.7 Å². The Morgan fingerprint density at radius 1 is 0.416 bits per heavy atom. The molecule has 7 heteroatoms. The van der Waals surface area contributed by atoms with Crippen molar-refractivity contribution in [3.63, 3.8) is 0 Å². The quantitative estimate of drug-likeness (QED) is 0.166. The van der Waals surface area contributed by atoms with Gasteiger partial charge in [0, 0.05) is 60.0 Å². The van der Waals surface area contributed by atoms with Gasteiger partial charge in [0.1, 0.15) is 22.5 Å². The largest absolute Gasteiger partial charge is 0.456 e. The summed E-state index contributed by atoms with van der Waals surface area (Å²) in [6.07, 6.45) is 3.22. The van der Waals surface area contributed by atoms with Crippen LogP contribution in [0.2, 0.25) is 0 Å². The number of hydrogen-bond acceptors (Lipinski definition) is 5. The lowest BCUT2D eigenvalue weighted by Crippen LogP contribution is -2.13. The maximum absolute atomic E-state index is 6.62. The molecular formula is C70H47N5O2. The Labute approximate surface area is 442 Å². The zero-order valence-electron chi connectivity index (χ0n) is 42.3. The van der Waals surface area contributed by atoms with Gasteiger partial charge in [-0.3, -0.25) is 9.13 Å². The summed E-state index contributed by atoms with van der Waals surface area (Å²) in [5.41, 5.74) is 15.8. The van der Waals surface area contributed by atoms with E-state index in [1.807, 2.05) is 32.0 Å². The number of benzene rings is 10. The Hall–Kier alpha value is -9.85. The average Bonchev–Trinajstić information content (AvgIpc) is 3.74. The van der Waals surface area contributed by atoms with Gasteiger partial charge in [-0.2, -0.15) is 15.0 Å². The van der Waals surface area contributed by atoms with Crippen LogP contribution < -0.4 is 0 Å². The molecule has 0 aliphatic heterocycles. The summed E-state index contributed by atoms with van der Waals surface area (Å²) in [6, 6.07) is 77.8. The van der Waals surface area contributed by atoms with Crippen molar-refractivity contribution >= 4 is 98.9 Å². The Morgan fingerprint density at radius 2 is 0.974 bits per heavy atom. The molecule has 364 valence electrons. The fourth-order valence-electron chi connectivity index (χ4n) is 12.7. The molecule has 0 radical (unpaired) electrons. The van der Waals surface area contributed by atoms with E-state index in [-0.39, 0.29) is 5.92 Å². The molecule has 0 saturated heterocycles. The molecule has 2 aliphatic carbocycles. The summed E-state index contributed by atoms with van der Waals surface area (Å²) in [4.78, 5) is 16.8. The highest BCUT2D eigenvalue weighted by Gasteiger charge is 2.48. The van der Waals surface area contributed by atoms with Gasteiger partial charge in [-0.15, -0.1) is 0 Å². The van der Waals surface area contributed by atoms with Crippen molar-refractivity contribution in [3.8, 4) is 45.3 Å². The first-order chi connectivity index (χ1) is 38.2. The fraction of sp³-hybridized carbons (Fsp3) is 0.0714. The number of furan rings is 2. The molecule has 15 aromatic rings. The molecule has 7 nitrogen and oxygen atoms in total. The molecule has 77 heavy (non-hydrogen) atoms. The average molecular weight is 990 g/mol. The number of rotatable bonds is 6. The molecule has 17 rings (SSSR count). The predicted octanol–water partition coefficient (Wildman–Crippen LogP) is 18.5. The second-order valence-corrected chi connectivity index (χ2v) is 20.2. The zero-order chi connectivity index (χ0) is 50.9. The van der Waals surface area contributed by atoms with Crippen LogP contribution in [0.5, 0.6) is 0 Å². The van der Waals surface area contributed by atoms with Crippen molar-refractivity contribution in [1.29, 1.82) is 0 Å². The lowest BCUT2D eigenvalue weighted by Gasteiger charge is -2.16. The Morgan fingerprint density at radius 3 is 1.71 bits per heavy atom. The number of allylic oxidation sites excluding steroid dienone is 1. The van der Waals surface area contributed by atoms with Crippen molar-refractivity contribution in [2.24, 2.45) is 5.92 Å². The molecule has 2 unspecified atom stereocenters. The van der Waals surface area contributed by atoms with Crippen LogP contribution in [-0.4, -0.2) is 24.1 Å². The van der Waals surface area contributed by atoms with Gasteiger partial charge in [0.25, 0.3) is 0 Å². The maximum atomic E-state index is 6.62. The minimum atomic E-state index is 0.255. The maximum Gasteiger partial charge on any atom is 0.240 e. The smallest absolute Gasteiger partial charge is 0.240 e. The van der Waals surface area contributed by atoms with Crippen LogP contribution in [-0.2, 0) is 0 Å². The fourth-order valence-corrected chi connectivity index (χ4v) is 12.7. The third kappa shape index (κ3) is 6.53. The molecule has 1 fully saturated rings. The van der Waals surface area contributed by atoms with E-state index in [2.05, 4.69) is 215 Å². The Kier molecular flexibility index (Phi) is 9.52. The topological polar surface area (TPSA) is 74.8 Å². The van der Waals surface area contributed by atoms with E-state index >= 15 is 0 Å². The van der Waals surface area contributed by atoms with Gasteiger partial charge >= 0.3 is 0 Å². The molecule has 5 aromatic heterocycles. The third-order valence-electron chi connectivity index (χ3n) is 16.1. The summed E-state index contributed by atoms with van der Waals surface area (Å²) < 4.78 is 17.7. The minimum absolute atomic E-state index is 0.255. The Balaban J connectivity index is 0.00000246. The van der Waals surface area contributed by atoms with Gasteiger partial charge < -0.3 is 8.83 Å². The molecule has 0 N–H and O–H groups in total.